The number of rotatable bonds is 9. The van der Waals surface area contributed by atoms with E-state index in [0.717, 1.165) is 22.9 Å². The number of nitrogens with zero attached hydrogens (tertiary/aromatic N) is 1. The van der Waals surface area contributed by atoms with Crippen LogP contribution in [-0.4, -0.2) is 47.3 Å². The van der Waals surface area contributed by atoms with Crippen molar-refractivity contribution in [3.8, 4) is 5.75 Å². The zero-order valence-corrected chi connectivity index (χ0v) is 22.0. The van der Waals surface area contributed by atoms with Gasteiger partial charge in [-0.25, -0.2) is 0 Å². The highest BCUT2D eigenvalue weighted by atomic mass is 35.5. The maximum atomic E-state index is 14.2. The molecule has 0 amide bonds. The molecule has 1 atom stereocenters. The molecule has 0 aliphatic rings. The second kappa shape index (κ2) is 11.2. The Bertz CT molecular complexity index is 1490. The van der Waals surface area contributed by atoms with Gasteiger partial charge in [0, 0.05) is 43.8 Å². The number of halogens is 1. The van der Waals surface area contributed by atoms with Crippen LogP contribution in [0.2, 0.25) is 5.02 Å². The first-order valence-corrected chi connectivity index (χ1v) is 13.7. The van der Waals surface area contributed by atoms with Crippen molar-refractivity contribution in [2.45, 2.75) is 11.4 Å². The van der Waals surface area contributed by atoms with Gasteiger partial charge >= 0.3 is 0 Å². The number of likely N-dealkylation sites (N-methyl/N-ethyl adjacent to an activating group) is 1. The van der Waals surface area contributed by atoms with Gasteiger partial charge in [0.1, 0.15) is 17.4 Å². The number of ether oxygens (including phenoxy) is 1. The van der Waals surface area contributed by atoms with Crippen LogP contribution in [0, 0.1) is 5.41 Å². The Morgan fingerprint density at radius 1 is 1.03 bits per heavy atom. The monoisotopic (exact) mass is 519 g/mol. The molecule has 0 aliphatic heterocycles. The highest BCUT2D eigenvalue weighted by Gasteiger charge is 2.22. The van der Waals surface area contributed by atoms with Gasteiger partial charge in [0.2, 0.25) is 0 Å². The predicted molar refractivity (Wildman–Crippen MR) is 154 cm³/mol. The molecule has 0 spiro atoms. The van der Waals surface area contributed by atoms with E-state index in [9.17, 15) is 4.21 Å². The SMILES string of the molecule is C=S(=O)(C(=N)c1cc(OCCN(C)C)ccc1NCc1cccc(Cl)c1)c1cccc2ccccc12. The summed E-state index contributed by atoms with van der Waals surface area (Å²) in [6.45, 7) is 1.75. The number of hydrogen-bond donors (Lipinski definition) is 2. The average Bonchev–Trinajstić information content (AvgIpc) is 2.87. The standard InChI is InChI=1S/C29H30ClN3O2S/c1-33(2)16-17-35-24-14-15-27(32-20-21-8-6-11-23(30)18-21)26(19-24)29(31)36(3,34)28-13-7-10-22-9-4-5-12-25(22)28/h4-15,18-19,31-32H,3,16-17,20H2,1-2H3. The fourth-order valence-electron chi connectivity index (χ4n) is 3.92. The molecule has 7 heteroatoms. The van der Waals surface area contributed by atoms with Crippen molar-refractivity contribution >= 4 is 48.5 Å². The summed E-state index contributed by atoms with van der Waals surface area (Å²) in [6.07, 6.45) is 0. The van der Waals surface area contributed by atoms with Gasteiger partial charge in [-0.05, 0) is 72.7 Å². The fourth-order valence-corrected chi connectivity index (χ4v) is 5.71. The molecule has 4 aromatic carbocycles. The van der Waals surface area contributed by atoms with Crippen molar-refractivity contribution in [3.63, 3.8) is 0 Å². The maximum absolute atomic E-state index is 14.2. The summed E-state index contributed by atoms with van der Waals surface area (Å²) in [7, 11) is 0.840. The molecule has 0 aromatic heterocycles. The van der Waals surface area contributed by atoms with Gasteiger partial charge in [-0.2, -0.15) is 0 Å². The van der Waals surface area contributed by atoms with Crippen molar-refractivity contribution in [2.24, 2.45) is 0 Å². The highest BCUT2D eigenvalue weighted by molar-refractivity contribution is 8.14. The molecule has 0 bridgehead atoms. The van der Waals surface area contributed by atoms with E-state index in [1.165, 1.54) is 0 Å². The van der Waals surface area contributed by atoms with Crippen molar-refractivity contribution in [2.75, 3.05) is 32.6 Å². The fraction of sp³-hybridized carbons (Fsp3) is 0.172. The molecule has 0 saturated heterocycles. The van der Waals surface area contributed by atoms with E-state index >= 15 is 0 Å². The Hall–Kier alpha value is -3.32. The van der Waals surface area contributed by atoms with Crippen LogP contribution in [0.5, 0.6) is 5.75 Å². The summed E-state index contributed by atoms with van der Waals surface area (Å²) >= 11 is 6.15. The third kappa shape index (κ3) is 5.90. The van der Waals surface area contributed by atoms with Gasteiger partial charge in [-0.15, -0.1) is 0 Å². The third-order valence-electron chi connectivity index (χ3n) is 5.85. The molecule has 0 fully saturated rings. The largest absolute Gasteiger partial charge is 0.492 e. The molecule has 0 heterocycles. The van der Waals surface area contributed by atoms with Crippen molar-refractivity contribution < 1.29 is 8.95 Å². The van der Waals surface area contributed by atoms with Crippen LogP contribution in [0.3, 0.4) is 0 Å². The summed E-state index contributed by atoms with van der Waals surface area (Å²) in [5, 5.41) is 14.9. The van der Waals surface area contributed by atoms with Crippen molar-refractivity contribution in [1.82, 2.24) is 4.90 Å². The number of anilines is 1. The van der Waals surface area contributed by atoms with Gasteiger partial charge in [-0.3, -0.25) is 9.62 Å². The number of hydrogen-bond acceptors (Lipinski definition) is 5. The molecule has 36 heavy (non-hydrogen) atoms. The molecule has 186 valence electrons. The van der Waals surface area contributed by atoms with E-state index in [1.807, 2.05) is 91.8 Å². The Labute approximate surface area is 218 Å². The minimum atomic E-state index is -3.12. The highest BCUT2D eigenvalue weighted by Crippen LogP contribution is 2.30. The van der Waals surface area contributed by atoms with Crippen LogP contribution >= 0.6 is 11.6 Å². The van der Waals surface area contributed by atoms with Crippen LogP contribution in [0.15, 0.2) is 89.8 Å². The van der Waals surface area contributed by atoms with E-state index < -0.39 is 9.52 Å². The third-order valence-corrected chi connectivity index (χ3v) is 8.03. The summed E-state index contributed by atoms with van der Waals surface area (Å²) < 4.78 is 20.1. The quantitative estimate of drug-likeness (QED) is 0.158. The summed E-state index contributed by atoms with van der Waals surface area (Å²) in [5.41, 5.74) is 2.17. The van der Waals surface area contributed by atoms with E-state index in [4.69, 9.17) is 21.7 Å². The molecule has 0 radical (unpaired) electrons. The lowest BCUT2D eigenvalue weighted by atomic mass is 10.1. The predicted octanol–water partition coefficient (Wildman–Crippen LogP) is 6.15. The zero-order chi connectivity index (χ0) is 25.7. The normalized spacial score (nSPS) is 12.9. The van der Waals surface area contributed by atoms with Crippen LogP contribution in [0.25, 0.3) is 10.8 Å². The second-order valence-electron chi connectivity index (χ2n) is 8.82. The van der Waals surface area contributed by atoms with Crippen LogP contribution in [0.4, 0.5) is 5.69 Å². The van der Waals surface area contributed by atoms with Crippen LogP contribution in [-0.2, 0) is 16.1 Å². The van der Waals surface area contributed by atoms with Gasteiger partial charge in [0.15, 0.2) is 0 Å². The molecule has 5 nitrogen and oxygen atoms in total. The lowest BCUT2D eigenvalue weighted by Crippen LogP contribution is -2.20. The first-order valence-electron chi connectivity index (χ1n) is 11.6. The van der Waals surface area contributed by atoms with E-state index in [0.29, 0.717) is 40.1 Å². The molecule has 4 aromatic rings. The smallest absolute Gasteiger partial charge is 0.124 e. The van der Waals surface area contributed by atoms with Gasteiger partial charge < -0.3 is 15.0 Å². The molecule has 0 aliphatic carbocycles. The summed E-state index contributed by atoms with van der Waals surface area (Å²) in [5.74, 6) is 4.67. The lowest BCUT2D eigenvalue weighted by Gasteiger charge is -2.19. The molecular weight excluding hydrogens is 490 g/mol. The van der Waals surface area contributed by atoms with Crippen LogP contribution < -0.4 is 10.1 Å². The van der Waals surface area contributed by atoms with E-state index in [-0.39, 0.29) is 5.04 Å². The average molecular weight is 520 g/mol. The van der Waals surface area contributed by atoms with Crippen molar-refractivity contribution in [1.29, 1.82) is 5.41 Å². The van der Waals surface area contributed by atoms with Gasteiger partial charge in [0.05, 0.1) is 0 Å². The first kappa shape index (κ1) is 25.8. The first-order chi connectivity index (χ1) is 17.3. The maximum Gasteiger partial charge on any atom is 0.124 e. The van der Waals surface area contributed by atoms with Gasteiger partial charge in [-0.1, -0.05) is 60.1 Å². The van der Waals surface area contributed by atoms with Crippen molar-refractivity contribution in [3.05, 3.63) is 101 Å². The number of benzene rings is 4. The Balaban J connectivity index is 1.71. The Morgan fingerprint density at radius 3 is 2.56 bits per heavy atom. The van der Waals surface area contributed by atoms with E-state index in [2.05, 4.69) is 11.2 Å². The topological polar surface area (TPSA) is 65.4 Å². The minimum Gasteiger partial charge on any atom is -0.492 e. The molecule has 2 N–H and O–H groups in total. The Kier molecular flexibility index (Phi) is 7.99. The van der Waals surface area contributed by atoms with Gasteiger partial charge in [0.25, 0.3) is 0 Å². The second-order valence-corrected chi connectivity index (χ2v) is 11.5. The molecule has 1 unspecified atom stereocenters. The zero-order valence-electron chi connectivity index (χ0n) is 20.5. The molecule has 4 rings (SSSR count). The van der Waals surface area contributed by atoms with E-state index in [1.54, 1.807) is 12.1 Å². The molecule has 0 saturated carbocycles. The van der Waals surface area contributed by atoms with Crippen LogP contribution in [0.1, 0.15) is 11.1 Å². The summed E-state index contributed by atoms with van der Waals surface area (Å²) in [6, 6.07) is 26.4. The minimum absolute atomic E-state index is 0.0505. The number of nitrogens with one attached hydrogen (secondary N) is 2. The lowest BCUT2D eigenvalue weighted by molar-refractivity contribution is 0.261. The molecular formula is C29H30ClN3O2S. The number of fused-ring (bicyclic) bond motifs is 1. The summed E-state index contributed by atoms with van der Waals surface area (Å²) in [4.78, 5) is 2.58. The Morgan fingerprint density at radius 2 is 1.78 bits per heavy atom.